The minimum absolute atomic E-state index is 0.00799. The summed E-state index contributed by atoms with van der Waals surface area (Å²) in [7, 11) is 0. The number of nitrogens with zero attached hydrogens (tertiary/aromatic N) is 4. The van der Waals surface area contributed by atoms with Crippen LogP contribution in [0.25, 0.3) is 5.69 Å². The summed E-state index contributed by atoms with van der Waals surface area (Å²) in [6.07, 6.45) is 2.06. The van der Waals surface area contributed by atoms with Gasteiger partial charge in [-0.25, -0.2) is 0 Å². The van der Waals surface area contributed by atoms with Gasteiger partial charge in [0.25, 0.3) is 0 Å². The zero-order chi connectivity index (χ0) is 15.9. The number of aromatic nitrogens is 4. The van der Waals surface area contributed by atoms with Gasteiger partial charge in [-0.05, 0) is 42.3 Å². The minimum atomic E-state index is 0.00799. The highest BCUT2D eigenvalue weighted by atomic mass is 32.2. The predicted molar refractivity (Wildman–Crippen MR) is 87.3 cm³/mol. The zero-order valence-electron chi connectivity index (χ0n) is 13.2. The van der Waals surface area contributed by atoms with E-state index in [1.807, 2.05) is 26.0 Å². The first-order valence-corrected chi connectivity index (χ1v) is 8.36. The van der Waals surface area contributed by atoms with Crippen LogP contribution in [0.2, 0.25) is 0 Å². The van der Waals surface area contributed by atoms with Crippen LogP contribution in [0, 0.1) is 13.8 Å². The number of carbonyl (C=O) groups is 1. The molecule has 0 saturated carbocycles. The first-order valence-electron chi connectivity index (χ1n) is 7.37. The number of benzene rings is 1. The van der Waals surface area contributed by atoms with Crippen molar-refractivity contribution in [2.45, 2.75) is 38.8 Å². The Morgan fingerprint density at radius 2 is 2.18 bits per heavy atom. The highest BCUT2D eigenvalue weighted by molar-refractivity contribution is 7.99. The molecule has 1 aromatic carbocycles. The molecule has 0 aliphatic carbocycles. The maximum atomic E-state index is 11.8. The smallest absolute Gasteiger partial charge is 0.230 e. The van der Waals surface area contributed by atoms with E-state index in [0.717, 1.165) is 30.6 Å². The summed E-state index contributed by atoms with van der Waals surface area (Å²) >= 11 is 1.34. The number of nitrogens with one attached hydrogen (secondary N) is 1. The Morgan fingerprint density at radius 3 is 2.91 bits per heavy atom. The summed E-state index contributed by atoms with van der Waals surface area (Å²) in [4.78, 5) is 11.8. The Labute approximate surface area is 134 Å². The number of hydrogen-bond acceptors (Lipinski definition) is 5. The Balaban J connectivity index is 2.02. The molecule has 1 aromatic heterocycles. The third-order valence-electron chi connectivity index (χ3n) is 3.21. The molecule has 0 atom stereocenters. The van der Waals surface area contributed by atoms with Gasteiger partial charge in [-0.15, -0.1) is 5.10 Å². The fourth-order valence-corrected chi connectivity index (χ4v) is 2.76. The second-order valence-electron chi connectivity index (χ2n) is 5.16. The van der Waals surface area contributed by atoms with E-state index in [4.69, 9.17) is 0 Å². The third kappa shape index (κ3) is 4.30. The molecule has 1 N–H and O–H groups in total. The third-order valence-corrected chi connectivity index (χ3v) is 4.13. The van der Waals surface area contributed by atoms with Crippen LogP contribution in [0.5, 0.6) is 0 Å². The van der Waals surface area contributed by atoms with Gasteiger partial charge < -0.3 is 5.32 Å². The molecule has 1 heterocycles. The number of tetrazole rings is 1. The summed E-state index contributed by atoms with van der Waals surface area (Å²) in [6, 6.07) is 6.10. The number of hydrogen-bond donors (Lipinski definition) is 1. The predicted octanol–water partition coefficient (Wildman–Crippen LogP) is 2.29. The second-order valence-corrected chi connectivity index (χ2v) is 6.10. The molecule has 0 aliphatic heterocycles. The lowest BCUT2D eigenvalue weighted by molar-refractivity contribution is -0.118. The van der Waals surface area contributed by atoms with Crippen molar-refractivity contribution in [3.8, 4) is 5.69 Å². The van der Waals surface area contributed by atoms with Gasteiger partial charge in [0.2, 0.25) is 11.1 Å². The summed E-state index contributed by atoms with van der Waals surface area (Å²) < 4.78 is 1.68. The first-order chi connectivity index (χ1) is 10.6. The molecular formula is C15H21N5OS. The topological polar surface area (TPSA) is 72.7 Å². The number of rotatable bonds is 7. The van der Waals surface area contributed by atoms with Crippen LogP contribution < -0.4 is 5.32 Å². The molecule has 0 fully saturated rings. The van der Waals surface area contributed by atoms with Crippen molar-refractivity contribution in [1.29, 1.82) is 0 Å². The molecule has 118 valence electrons. The number of aryl methyl sites for hydroxylation is 2. The molecule has 0 bridgehead atoms. The first kappa shape index (κ1) is 16.5. The highest BCUT2D eigenvalue weighted by Gasteiger charge is 2.12. The Bertz CT molecular complexity index is 641. The Hall–Kier alpha value is -1.89. The molecule has 0 unspecified atom stereocenters. The number of thioether (sulfide) groups is 1. The quantitative estimate of drug-likeness (QED) is 0.626. The zero-order valence-corrected chi connectivity index (χ0v) is 14.0. The molecule has 1 amide bonds. The SMILES string of the molecule is CCCCNC(=O)CSc1nnnn1-c1ccc(C)cc1C. The van der Waals surface area contributed by atoms with E-state index in [-0.39, 0.29) is 5.91 Å². The van der Waals surface area contributed by atoms with E-state index in [2.05, 4.69) is 33.8 Å². The second kappa shape index (κ2) is 7.93. The average Bonchev–Trinajstić information content (AvgIpc) is 2.93. The molecule has 0 aliphatic rings. The van der Waals surface area contributed by atoms with Crippen LogP contribution in [-0.4, -0.2) is 38.4 Å². The molecule has 22 heavy (non-hydrogen) atoms. The van der Waals surface area contributed by atoms with Gasteiger partial charge in [0.15, 0.2) is 0 Å². The highest BCUT2D eigenvalue weighted by Crippen LogP contribution is 2.21. The molecule has 2 aromatic rings. The molecule has 7 heteroatoms. The van der Waals surface area contributed by atoms with Crippen LogP contribution in [0.4, 0.5) is 0 Å². The van der Waals surface area contributed by atoms with Gasteiger partial charge in [-0.3, -0.25) is 4.79 Å². The van der Waals surface area contributed by atoms with Crippen molar-refractivity contribution in [2.75, 3.05) is 12.3 Å². The van der Waals surface area contributed by atoms with Crippen molar-refractivity contribution in [2.24, 2.45) is 0 Å². The maximum absolute atomic E-state index is 11.8. The van der Waals surface area contributed by atoms with Crippen molar-refractivity contribution < 1.29 is 4.79 Å². The van der Waals surface area contributed by atoms with E-state index in [9.17, 15) is 4.79 Å². The van der Waals surface area contributed by atoms with Gasteiger partial charge in [0.05, 0.1) is 11.4 Å². The molecule has 0 saturated heterocycles. The molecular weight excluding hydrogens is 298 g/mol. The van der Waals surface area contributed by atoms with Gasteiger partial charge >= 0.3 is 0 Å². The van der Waals surface area contributed by atoms with Crippen molar-refractivity contribution in [3.63, 3.8) is 0 Å². The normalized spacial score (nSPS) is 10.7. The number of unbranched alkanes of at least 4 members (excludes halogenated alkanes) is 1. The van der Waals surface area contributed by atoms with Gasteiger partial charge in [-0.1, -0.05) is 42.8 Å². The largest absolute Gasteiger partial charge is 0.355 e. The van der Waals surface area contributed by atoms with Crippen molar-refractivity contribution in [3.05, 3.63) is 29.3 Å². The standard InChI is InChI=1S/C15H21N5OS/c1-4-5-8-16-14(21)10-22-15-17-18-19-20(15)13-7-6-11(2)9-12(13)3/h6-7,9H,4-5,8,10H2,1-3H3,(H,16,21). The van der Waals surface area contributed by atoms with Crippen LogP contribution in [0.1, 0.15) is 30.9 Å². The lowest BCUT2D eigenvalue weighted by atomic mass is 10.1. The average molecular weight is 319 g/mol. The van der Waals surface area contributed by atoms with Crippen LogP contribution >= 0.6 is 11.8 Å². The summed E-state index contributed by atoms with van der Waals surface area (Å²) in [5.41, 5.74) is 3.23. The van der Waals surface area contributed by atoms with E-state index >= 15 is 0 Å². The van der Waals surface area contributed by atoms with Crippen LogP contribution in [-0.2, 0) is 4.79 Å². The minimum Gasteiger partial charge on any atom is -0.355 e. The molecule has 6 nitrogen and oxygen atoms in total. The van der Waals surface area contributed by atoms with Crippen LogP contribution in [0.15, 0.2) is 23.4 Å². The lowest BCUT2D eigenvalue weighted by Crippen LogP contribution is -2.26. The van der Waals surface area contributed by atoms with Gasteiger partial charge in [0.1, 0.15) is 0 Å². The molecule has 2 rings (SSSR count). The van der Waals surface area contributed by atoms with Gasteiger partial charge in [-0.2, -0.15) is 4.68 Å². The monoisotopic (exact) mass is 319 g/mol. The summed E-state index contributed by atoms with van der Waals surface area (Å²) in [5.74, 6) is 0.322. The fourth-order valence-electron chi connectivity index (χ4n) is 2.05. The molecule has 0 radical (unpaired) electrons. The van der Waals surface area contributed by atoms with E-state index in [1.54, 1.807) is 4.68 Å². The molecule has 0 spiro atoms. The van der Waals surface area contributed by atoms with Crippen molar-refractivity contribution in [1.82, 2.24) is 25.5 Å². The van der Waals surface area contributed by atoms with Gasteiger partial charge in [0, 0.05) is 6.54 Å². The Morgan fingerprint density at radius 1 is 1.36 bits per heavy atom. The fraction of sp³-hybridized carbons (Fsp3) is 0.467. The number of carbonyl (C=O) groups excluding carboxylic acids is 1. The van der Waals surface area contributed by atoms with E-state index < -0.39 is 0 Å². The van der Waals surface area contributed by atoms with E-state index in [1.165, 1.54) is 17.3 Å². The number of amides is 1. The lowest BCUT2D eigenvalue weighted by Gasteiger charge is -2.08. The maximum Gasteiger partial charge on any atom is 0.230 e. The summed E-state index contributed by atoms with van der Waals surface area (Å²) in [6.45, 7) is 6.89. The van der Waals surface area contributed by atoms with E-state index in [0.29, 0.717) is 10.9 Å². The van der Waals surface area contributed by atoms with Crippen LogP contribution in [0.3, 0.4) is 0 Å². The summed E-state index contributed by atoms with van der Waals surface area (Å²) in [5, 5.41) is 15.3. The Kier molecular flexibility index (Phi) is 5.94. The van der Waals surface area contributed by atoms with Crippen molar-refractivity contribution >= 4 is 17.7 Å².